The number of nitrogens with zero attached hydrogens (tertiary/aromatic N) is 2. The molecule has 0 amide bonds. The number of hydrogen-bond donors (Lipinski definition) is 1. The molecule has 0 saturated heterocycles. The van der Waals surface area contributed by atoms with Gasteiger partial charge in [0.25, 0.3) is 0 Å². The van der Waals surface area contributed by atoms with Crippen molar-refractivity contribution in [3.05, 3.63) is 29.7 Å². The summed E-state index contributed by atoms with van der Waals surface area (Å²) in [6.07, 6.45) is -5.16. The highest BCUT2D eigenvalue weighted by atomic mass is 19.4. The third-order valence-electron chi connectivity index (χ3n) is 2.75. The van der Waals surface area contributed by atoms with Gasteiger partial charge in [0.2, 0.25) is 11.5 Å². The summed E-state index contributed by atoms with van der Waals surface area (Å²) in [6, 6.07) is 4.29. The molecule has 0 radical (unpaired) electrons. The van der Waals surface area contributed by atoms with Crippen molar-refractivity contribution in [3.8, 4) is 11.5 Å². The minimum absolute atomic E-state index is 0.107. The highest BCUT2D eigenvalue weighted by Crippen LogP contribution is 2.34. The van der Waals surface area contributed by atoms with E-state index in [1.165, 1.54) is 25.1 Å². The Labute approximate surface area is 134 Å². The molecule has 1 aromatic rings. The Kier molecular flexibility index (Phi) is 5.27. The number of alkyl halides is 3. The number of aliphatic hydroxyl groups excluding tert-OH is 1. The minimum Gasteiger partial charge on any atom is -0.502 e. The van der Waals surface area contributed by atoms with Crippen LogP contribution in [0.1, 0.15) is 6.92 Å². The molecule has 1 aromatic carbocycles. The van der Waals surface area contributed by atoms with E-state index in [9.17, 15) is 18.0 Å². The maximum Gasteiger partial charge on any atom is 0.451 e. The average Bonchev–Trinajstić information content (AvgIpc) is 2.54. The number of halogens is 3. The van der Waals surface area contributed by atoms with Gasteiger partial charge in [0.15, 0.2) is 11.5 Å². The Morgan fingerprint density at radius 2 is 1.96 bits per heavy atom. The van der Waals surface area contributed by atoms with Crippen LogP contribution in [0.25, 0.3) is 0 Å². The van der Waals surface area contributed by atoms with E-state index in [0.717, 1.165) is 0 Å². The van der Waals surface area contributed by atoms with E-state index in [-0.39, 0.29) is 12.3 Å². The van der Waals surface area contributed by atoms with Crippen LogP contribution < -0.4 is 9.47 Å². The lowest BCUT2D eigenvalue weighted by Crippen LogP contribution is -2.18. The normalized spacial score (nSPS) is 15.2. The van der Waals surface area contributed by atoms with Crippen LogP contribution >= 0.6 is 0 Å². The van der Waals surface area contributed by atoms with Gasteiger partial charge in [-0.25, -0.2) is 4.79 Å². The van der Waals surface area contributed by atoms with Crippen LogP contribution in [0.2, 0.25) is 0 Å². The minimum atomic E-state index is -5.16. The lowest BCUT2D eigenvalue weighted by Gasteiger charge is -2.17. The fourth-order valence-electron chi connectivity index (χ4n) is 1.72. The van der Waals surface area contributed by atoms with Crippen LogP contribution in [0, 0.1) is 0 Å². The molecule has 0 aliphatic carbocycles. The van der Waals surface area contributed by atoms with Gasteiger partial charge in [-0.1, -0.05) is 0 Å². The first-order chi connectivity index (χ1) is 11.3. The summed E-state index contributed by atoms with van der Waals surface area (Å²) in [4.78, 5) is 11.5. The molecule has 1 heterocycles. The standard InChI is InChI=1S/C14H13F3N2O5/c1-2-22-13(21)11(12(20)14(15,16)17)19-18-8-3-4-9-10(7-8)24-6-5-23-9/h3-4,7,20H,2,5-6H2,1H3/b12-11-,19-18?. The monoisotopic (exact) mass is 346 g/mol. The first-order valence-corrected chi connectivity index (χ1v) is 6.82. The highest BCUT2D eigenvalue weighted by Gasteiger charge is 2.39. The molecule has 0 saturated carbocycles. The van der Waals surface area contributed by atoms with Gasteiger partial charge in [-0.15, -0.1) is 5.11 Å². The molecule has 0 unspecified atom stereocenters. The molecule has 1 aliphatic heterocycles. The van der Waals surface area contributed by atoms with Gasteiger partial charge in [0, 0.05) is 6.07 Å². The van der Waals surface area contributed by atoms with Crippen molar-refractivity contribution >= 4 is 11.7 Å². The van der Waals surface area contributed by atoms with E-state index in [1.807, 2.05) is 0 Å². The third kappa shape index (κ3) is 4.15. The van der Waals surface area contributed by atoms with Crippen molar-refractivity contribution in [1.82, 2.24) is 0 Å². The number of allylic oxidation sites excluding steroid dienone is 1. The fraction of sp³-hybridized carbons (Fsp3) is 0.357. The second kappa shape index (κ2) is 7.20. The number of benzene rings is 1. The molecule has 0 aromatic heterocycles. The van der Waals surface area contributed by atoms with Gasteiger partial charge in [0.05, 0.1) is 12.3 Å². The molecular weight excluding hydrogens is 333 g/mol. The number of rotatable bonds is 4. The van der Waals surface area contributed by atoms with E-state index in [4.69, 9.17) is 14.6 Å². The van der Waals surface area contributed by atoms with Crippen LogP contribution in [-0.2, 0) is 9.53 Å². The predicted octanol–water partition coefficient (Wildman–Crippen LogP) is 3.44. The molecule has 2 rings (SSSR count). The van der Waals surface area contributed by atoms with E-state index in [1.54, 1.807) is 0 Å². The van der Waals surface area contributed by atoms with E-state index < -0.39 is 23.6 Å². The van der Waals surface area contributed by atoms with Crippen LogP contribution in [0.3, 0.4) is 0 Å². The topological polar surface area (TPSA) is 89.7 Å². The molecule has 0 spiro atoms. The Morgan fingerprint density at radius 3 is 2.58 bits per heavy atom. The predicted molar refractivity (Wildman–Crippen MR) is 74.3 cm³/mol. The zero-order chi connectivity index (χ0) is 17.7. The smallest absolute Gasteiger partial charge is 0.451 e. The SMILES string of the molecule is CCOC(=O)/C(N=Nc1ccc2c(c1)OCCO2)=C(/O)C(F)(F)F. The van der Waals surface area contributed by atoms with Crippen LogP contribution in [0.5, 0.6) is 11.5 Å². The lowest BCUT2D eigenvalue weighted by molar-refractivity contribution is -0.143. The molecule has 24 heavy (non-hydrogen) atoms. The average molecular weight is 346 g/mol. The van der Waals surface area contributed by atoms with Crippen LogP contribution in [-0.4, -0.2) is 37.1 Å². The number of carbonyl (C=O) groups is 1. The maximum absolute atomic E-state index is 12.6. The number of fused-ring (bicyclic) bond motifs is 1. The summed E-state index contributed by atoms with van der Waals surface area (Å²) in [6.45, 7) is 1.91. The second-order valence-electron chi connectivity index (χ2n) is 4.44. The Morgan fingerprint density at radius 1 is 1.29 bits per heavy atom. The van der Waals surface area contributed by atoms with Gasteiger partial charge in [0.1, 0.15) is 13.2 Å². The summed E-state index contributed by atoms with van der Waals surface area (Å²) >= 11 is 0. The number of hydrogen-bond acceptors (Lipinski definition) is 7. The summed E-state index contributed by atoms with van der Waals surface area (Å²) in [5.41, 5.74) is -1.23. The number of carbonyl (C=O) groups excluding carboxylic acids is 1. The molecule has 130 valence electrons. The second-order valence-corrected chi connectivity index (χ2v) is 4.44. The zero-order valence-corrected chi connectivity index (χ0v) is 12.5. The van der Waals surface area contributed by atoms with Gasteiger partial charge in [-0.2, -0.15) is 18.3 Å². The molecule has 7 nitrogen and oxygen atoms in total. The van der Waals surface area contributed by atoms with E-state index in [2.05, 4.69) is 15.0 Å². The fourth-order valence-corrected chi connectivity index (χ4v) is 1.72. The molecule has 1 aliphatic rings. The van der Waals surface area contributed by atoms with Crippen molar-refractivity contribution in [2.45, 2.75) is 13.1 Å². The van der Waals surface area contributed by atoms with Crippen LogP contribution in [0.4, 0.5) is 18.9 Å². The number of azo groups is 1. The van der Waals surface area contributed by atoms with Crippen molar-refractivity contribution in [2.24, 2.45) is 10.2 Å². The quantitative estimate of drug-likeness (QED) is 0.390. The van der Waals surface area contributed by atoms with Crippen molar-refractivity contribution in [3.63, 3.8) is 0 Å². The Balaban J connectivity index is 2.32. The molecule has 0 bridgehead atoms. The summed E-state index contributed by atoms with van der Waals surface area (Å²) < 4.78 is 52.8. The lowest BCUT2D eigenvalue weighted by atomic mass is 10.2. The van der Waals surface area contributed by atoms with E-state index in [0.29, 0.717) is 24.7 Å². The summed E-state index contributed by atoms with van der Waals surface area (Å²) in [5, 5.41) is 15.9. The molecule has 10 heteroatoms. The largest absolute Gasteiger partial charge is 0.502 e. The summed E-state index contributed by atoms with van der Waals surface area (Å²) in [7, 11) is 0. The maximum atomic E-state index is 12.6. The van der Waals surface area contributed by atoms with Crippen molar-refractivity contribution in [2.75, 3.05) is 19.8 Å². The Bertz CT molecular complexity index is 685. The zero-order valence-electron chi connectivity index (χ0n) is 12.5. The molecule has 0 atom stereocenters. The molecular formula is C14H13F3N2O5. The van der Waals surface area contributed by atoms with E-state index >= 15 is 0 Å². The third-order valence-corrected chi connectivity index (χ3v) is 2.75. The van der Waals surface area contributed by atoms with Gasteiger partial charge >= 0.3 is 12.1 Å². The first-order valence-electron chi connectivity index (χ1n) is 6.82. The first kappa shape index (κ1) is 17.6. The van der Waals surface area contributed by atoms with Gasteiger partial charge in [-0.05, 0) is 19.1 Å². The summed E-state index contributed by atoms with van der Waals surface area (Å²) in [5.74, 6) is -2.81. The van der Waals surface area contributed by atoms with Gasteiger partial charge < -0.3 is 19.3 Å². The molecule has 1 N–H and O–H groups in total. The van der Waals surface area contributed by atoms with Crippen molar-refractivity contribution in [1.29, 1.82) is 0 Å². The number of esters is 1. The molecule has 0 fully saturated rings. The Hall–Kier alpha value is -2.78. The van der Waals surface area contributed by atoms with Crippen molar-refractivity contribution < 1.29 is 37.3 Å². The number of aliphatic hydroxyl groups is 1. The highest BCUT2D eigenvalue weighted by molar-refractivity contribution is 5.88. The number of ether oxygens (including phenoxy) is 3. The van der Waals surface area contributed by atoms with Crippen LogP contribution in [0.15, 0.2) is 39.9 Å². The van der Waals surface area contributed by atoms with Gasteiger partial charge in [-0.3, -0.25) is 0 Å².